The fourth-order valence-corrected chi connectivity index (χ4v) is 4.18. The van der Waals surface area contributed by atoms with Crippen LogP contribution in [0.1, 0.15) is 28.0 Å². The normalized spacial score (nSPS) is 17.2. The van der Waals surface area contributed by atoms with E-state index in [2.05, 4.69) is 34.6 Å². The largest absolute Gasteiger partial charge is 0.491 e. The van der Waals surface area contributed by atoms with E-state index in [1.807, 2.05) is 42.5 Å². The summed E-state index contributed by atoms with van der Waals surface area (Å²) in [6, 6.07) is 27.5. The predicted octanol–water partition coefficient (Wildman–Crippen LogP) is 5.34. The zero-order valence-electron chi connectivity index (χ0n) is 17.3. The van der Waals surface area contributed by atoms with Crippen molar-refractivity contribution in [2.45, 2.75) is 12.0 Å². The average molecular weight is 424 g/mol. The van der Waals surface area contributed by atoms with Gasteiger partial charge >= 0.3 is 0 Å². The van der Waals surface area contributed by atoms with Crippen molar-refractivity contribution < 1.29 is 13.9 Å². The van der Waals surface area contributed by atoms with Gasteiger partial charge in [0.05, 0.1) is 6.61 Å². The van der Waals surface area contributed by atoms with Crippen molar-refractivity contribution in [1.82, 2.24) is 10.3 Å². The van der Waals surface area contributed by atoms with E-state index in [-0.39, 0.29) is 11.7 Å². The molecule has 0 saturated heterocycles. The third-order valence-corrected chi connectivity index (χ3v) is 5.83. The molecule has 3 aromatic carbocycles. The summed E-state index contributed by atoms with van der Waals surface area (Å²) < 4.78 is 19.2. The van der Waals surface area contributed by atoms with Gasteiger partial charge < -0.3 is 10.1 Å². The molecule has 1 amide bonds. The summed E-state index contributed by atoms with van der Waals surface area (Å²) in [7, 11) is 0. The van der Waals surface area contributed by atoms with Gasteiger partial charge in [-0.15, -0.1) is 0 Å². The summed E-state index contributed by atoms with van der Waals surface area (Å²) in [6.45, 7) is 0.433. The summed E-state index contributed by atoms with van der Waals surface area (Å²) >= 11 is 0. The number of nitrogens with one attached hydrogen (secondary N) is 1. The molecule has 4 aromatic rings. The Morgan fingerprint density at radius 1 is 0.875 bits per heavy atom. The molecule has 1 aromatic heterocycles. The van der Waals surface area contributed by atoms with Crippen molar-refractivity contribution >= 4 is 5.91 Å². The minimum absolute atomic E-state index is 0.296. The lowest BCUT2D eigenvalue weighted by molar-refractivity contribution is 0.0883. The first-order valence-corrected chi connectivity index (χ1v) is 10.5. The molecule has 2 heterocycles. The number of hydrogen-bond donors (Lipinski definition) is 1. The maximum atomic E-state index is 13.4. The second kappa shape index (κ2) is 8.27. The average Bonchev–Trinajstić information content (AvgIpc) is 2.85. The highest BCUT2D eigenvalue weighted by atomic mass is 19.1. The van der Waals surface area contributed by atoms with E-state index in [1.54, 1.807) is 6.20 Å². The minimum Gasteiger partial charge on any atom is -0.491 e. The maximum absolute atomic E-state index is 13.4. The smallest absolute Gasteiger partial charge is 0.252 e. The van der Waals surface area contributed by atoms with Gasteiger partial charge in [-0.25, -0.2) is 4.39 Å². The molecule has 32 heavy (non-hydrogen) atoms. The highest BCUT2D eigenvalue weighted by molar-refractivity contribution is 5.95. The Hall–Kier alpha value is -3.99. The van der Waals surface area contributed by atoms with Crippen LogP contribution in [0.2, 0.25) is 0 Å². The number of ether oxygens (including phenoxy) is 1. The first kappa shape index (κ1) is 19.9. The zero-order valence-corrected chi connectivity index (χ0v) is 17.3. The third-order valence-electron chi connectivity index (χ3n) is 5.83. The number of halogens is 1. The molecule has 0 radical (unpaired) electrons. The summed E-state index contributed by atoms with van der Waals surface area (Å²) in [5, 5.41) is 3.20. The molecule has 0 aliphatic carbocycles. The quantitative estimate of drug-likeness (QED) is 0.481. The van der Waals surface area contributed by atoms with Crippen molar-refractivity contribution in [1.29, 1.82) is 0 Å². The van der Waals surface area contributed by atoms with E-state index in [0.717, 1.165) is 16.7 Å². The number of amides is 1. The fraction of sp³-hybridized carbons (Fsp3) is 0.111. The molecule has 0 saturated carbocycles. The molecular formula is C27H21FN2O2. The lowest BCUT2D eigenvalue weighted by Crippen LogP contribution is -2.50. The van der Waals surface area contributed by atoms with Crippen LogP contribution in [0.4, 0.5) is 4.39 Å². The summed E-state index contributed by atoms with van der Waals surface area (Å²) in [6.07, 6.45) is 2.22. The highest BCUT2D eigenvalue weighted by Crippen LogP contribution is 2.41. The van der Waals surface area contributed by atoms with E-state index in [1.165, 1.54) is 24.3 Å². The maximum Gasteiger partial charge on any atom is 0.252 e. The van der Waals surface area contributed by atoms with Gasteiger partial charge in [-0.2, -0.15) is 0 Å². The fourth-order valence-electron chi connectivity index (χ4n) is 4.18. The molecule has 1 aliphatic heterocycles. The Bertz CT molecular complexity index is 1240. The van der Waals surface area contributed by atoms with Crippen molar-refractivity contribution in [3.8, 4) is 16.9 Å². The molecule has 0 spiro atoms. The van der Waals surface area contributed by atoms with Crippen LogP contribution in [0.15, 0.2) is 97.2 Å². The van der Waals surface area contributed by atoms with Crippen LogP contribution >= 0.6 is 0 Å². The number of hydrogen-bond acceptors (Lipinski definition) is 3. The van der Waals surface area contributed by atoms with Gasteiger partial charge in [0.1, 0.15) is 22.8 Å². The van der Waals surface area contributed by atoms with Crippen molar-refractivity contribution in [2.24, 2.45) is 0 Å². The molecule has 5 heteroatoms. The summed E-state index contributed by atoms with van der Waals surface area (Å²) in [5.74, 6) is -0.0354. The molecule has 4 nitrogen and oxygen atoms in total. The van der Waals surface area contributed by atoms with E-state index in [0.29, 0.717) is 30.0 Å². The topological polar surface area (TPSA) is 51.2 Å². The number of pyridine rings is 1. The van der Waals surface area contributed by atoms with Crippen LogP contribution in [0, 0.1) is 5.82 Å². The van der Waals surface area contributed by atoms with Crippen molar-refractivity contribution in [3.05, 3.63) is 120 Å². The van der Waals surface area contributed by atoms with Crippen LogP contribution in [-0.4, -0.2) is 17.5 Å². The zero-order chi connectivity index (χ0) is 22.0. The van der Waals surface area contributed by atoms with Gasteiger partial charge in [0.15, 0.2) is 0 Å². The molecule has 1 atom stereocenters. The molecule has 5 rings (SSSR count). The lowest BCUT2D eigenvalue weighted by atomic mass is 9.80. The Balaban J connectivity index is 1.58. The van der Waals surface area contributed by atoms with E-state index < -0.39 is 5.54 Å². The molecule has 1 aliphatic rings. The van der Waals surface area contributed by atoms with E-state index >= 15 is 0 Å². The van der Waals surface area contributed by atoms with Gasteiger partial charge in [-0.1, -0.05) is 54.6 Å². The number of aromatic nitrogens is 1. The summed E-state index contributed by atoms with van der Waals surface area (Å²) in [5.41, 5.74) is 3.30. The van der Waals surface area contributed by atoms with Gasteiger partial charge in [0.2, 0.25) is 0 Å². The summed E-state index contributed by atoms with van der Waals surface area (Å²) in [4.78, 5) is 17.8. The van der Waals surface area contributed by atoms with Gasteiger partial charge in [-0.05, 0) is 53.1 Å². The number of benzene rings is 3. The number of rotatable bonds is 4. The second-order valence-electron chi connectivity index (χ2n) is 7.76. The van der Waals surface area contributed by atoms with E-state index in [4.69, 9.17) is 4.74 Å². The lowest BCUT2D eigenvalue weighted by Gasteiger charge is -2.39. The second-order valence-corrected chi connectivity index (χ2v) is 7.76. The number of carbonyl (C=O) groups excluding carboxylic acids is 1. The molecule has 1 N–H and O–H groups in total. The number of carbonyl (C=O) groups is 1. The molecular weight excluding hydrogens is 403 g/mol. The molecule has 0 bridgehead atoms. The van der Waals surface area contributed by atoms with Crippen LogP contribution in [-0.2, 0) is 5.54 Å². The van der Waals surface area contributed by atoms with Crippen LogP contribution in [0.25, 0.3) is 11.1 Å². The Morgan fingerprint density at radius 3 is 2.34 bits per heavy atom. The van der Waals surface area contributed by atoms with Gasteiger partial charge in [0, 0.05) is 18.2 Å². The first-order valence-electron chi connectivity index (χ1n) is 10.5. The van der Waals surface area contributed by atoms with Crippen LogP contribution in [0.5, 0.6) is 5.75 Å². The van der Waals surface area contributed by atoms with Gasteiger partial charge in [-0.3, -0.25) is 9.78 Å². The first-order chi connectivity index (χ1) is 15.7. The number of fused-ring (bicyclic) bond motifs is 1. The minimum atomic E-state index is -0.866. The molecule has 158 valence electrons. The van der Waals surface area contributed by atoms with E-state index in [9.17, 15) is 9.18 Å². The van der Waals surface area contributed by atoms with Crippen molar-refractivity contribution in [2.75, 3.05) is 6.61 Å². The third kappa shape index (κ3) is 3.62. The Labute approximate surface area is 185 Å². The SMILES string of the molecule is O=C(N[C@@]1(c2ccc(-c3ccccc3)cc2)CCOc2cccnc21)c1ccc(F)cc1. The van der Waals surface area contributed by atoms with Crippen LogP contribution in [0.3, 0.4) is 0 Å². The Morgan fingerprint density at radius 2 is 1.59 bits per heavy atom. The highest BCUT2D eigenvalue weighted by Gasteiger charge is 2.42. The standard InChI is InChI=1S/C27H21FN2O2/c28-23-14-10-21(11-15-23)26(31)30-27(16-18-32-24-7-4-17-29-25(24)27)22-12-8-20(9-13-22)19-5-2-1-3-6-19/h1-15,17H,16,18H2,(H,30,31)/t27-/m1/s1. The van der Waals surface area contributed by atoms with Gasteiger partial charge in [0.25, 0.3) is 5.91 Å². The number of nitrogens with zero attached hydrogens (tertiary/aromatic N) is 1. The van der Waals surface area contributed by atoms with Crippen LogP contribution < -0.4 is 10.1 Å². The monoisotopic (exact) mass is 424 g/mol. The Kier molecular flexibility index (Phi) is 5.15. The van der Waals surface area contributed by atoms with Crippen molar-refractivity contribution in [3.63, 3.8) is 0 Å². The predicted molar refractivity (Wildman–Crippen MR) is 121 cm³/mol. The molecule has 0 fully saturated rings. The molecule has 0 unspecified atom stereocenters.